The van der Waals surface area contributed by atoms with Gasteiger partial charge in [0.05, 0.1) is 6.04 Å². The van der Waals surface area contributed by atoms with Crippen LogP contribution in [0.15, 0.2) is 47.4 Å². The van der Waals surface area contributed by atoms with Crippen LogP contribution in [-0.4, -0.2) is 18.0 Å². The van der Waals surface area contributed by atoms with Crippen molar-refractivity contribution in [1.29, 1.82) is 0 Å². The molecule has 2 aromatic carbocycles. The van der Waals surface area contributed by atoms with Crippen molar-refractivity contribution in [3.8, 4) is 11.5 Å². The maximum Gasteiger partial charge on any atom is 0.127 e. The Hall–Kier alpha value is -1.65. The molecule has 4 heteroatoms. The van der Waals surface area contributed by atoms with E-state index in [1.807, 2.05) is 6.07 Å². The van der Waals surface area contributed by atoms with Crippen molar-refractivity contribution in [2.24, 2.45) is 0 Å². The maximum atomic E-state index is 9.49. The number of thioether (sulfide) groups is 1. The number of phenols is 1. The average Bonchev–Trinajstić information content (AvgIpc) is 2.89. The fraction of sp³-hybridized carbons (Fsp3) is 0.294. The van der Waals surface area contributed by atoms with Crippen molar-refractivity contribution in [2.75, 3.05) is 12.9 Å². The first-order valence-electron chi connectivity index (χ1n) is 7.03. The third-order valence-corrected chi connectivity index (χ3v) is 4.59. The summed E-state index contributed by atoms with van der Waals surface area (Å²) < 4.78 is 5.64. The van der Waals surface area contributed by atoms with Gasteiger partial charge in [0.1, 0.15) is 18.1 Å². The molecule has 0 amide bonds. The molecule has 0 saturated heterocycles. The lowest BCUT2D eigenvalue weighted by molar-refractivity contribution is 0.300. The van der Waals surface area contributed by atoms with E-state index in [9.17, 15) is 5.11 Å². The molecule has 2 unspecified atom stereocenters. The second-order valence-corrected chi connectivity index (χ2v) is 6.13. The Morgan fingerprint density at radius 3 is 2.71 bits per heavy atom. The maximum absolute atomic E-state index is 9.49. The fourth-order valence-electron chi connectivity index (χ4n) is 2.63. The van der Waals surface area contributed by atoms with Crippen molar-refractivity contribution < 1.29 is 9.84 Å². The van der Waals surface area contributed by atoms with E-state index < -0.39 is 0 Å². The van der Waals surface area contributed by atoms with Crippen molar-refractivity contribution in [1.82, 2.24) is 5.32 Å². The number of hydrogen-bond donors (Lipinski definition) is 2. The highest BCUT2D eigenvalue weighted by Gasteiger charge is 2.25. The molecule has 3 nitrogen and oxygen atoms in total. The summed E-state index contributed by atoms with van der Waals surface area (Å²) in [6.07, 6.45) is 2.08. The summed E-state index contributed by atoms with van der Waals surface area (Å²) in [7, 11) is 0. The Kier molecular flexibility index (Phi) is 4.08. The van der Waals surface area contributed by atoms with Gasteiger partial charge in [0.2, 0.25) is 0 Å². The summed E-state index contributed by atoms with van der Waals surface area (Å²) in [5, 5.41) is 13.1. The molecule has 0 aliphatic carbocycles. The Balaban J connectivity index is 1.72. The van der Waals surface area contributed by atoms with E-state index >= 15 is 0 Å². The minimum Gasteiger partial charge on any atom is -0.508 e. The van der Waals surface area contributed by atoms with Gasteiger partial charge >= 0.3 is 0 Å². The molecule has 110 valence electrons. The number of benzene rings is 2. The molecule has 0 fully saturated rings. The van der Waals surface area contributed by atoms with Crippen LogP contribution in [-0.2, 0) is 0 Å². The minimum atomic E-state index is 0.163. The molecule has 0 radical (unpaired) electrons. The number of phenolic OH excluding ortho intramolecular Hbond substituents is 1. The number of aromatic hydroxyl groups is 1. The highest BCUT2D eigenvalue weighted by molar-refractivity contribution is 7.98. The lowest BCUT2D eigenvalue weighted by Crippen LogP contribution is -2.25. The summed E-state index contributed by atoms with van der Waals surface area (Å²) >= 11 is 1.75. The van der Waals surface area contributed by atoms with Gasteiger partial charge in [-0.15, -0.1) is 11.8 Å². The minimum absolute atomic E-state index is 0.163. The predicted molar refractivity (Wildman–Crippen MR) is 86.1 cm³/mol. The van der Waals surface area contributed by atoms with Gasteiger partial charge < -0.3 is 15.2 Å². The van der Waals surface area contributed by atoms with Crippen LogP contribution >= 0.6 is 11.8 Å². The molecule has 0 spiro atoms. The predicted octanol–water partition coefficient (Wildman–Crippen LogP) is 3.90. The van der Waals surface area contributed by atoms with E-state index in [4.69, 9.17) is 4.74 Å². The molecule has 2 aromatic rings. The fourth-order valence-corrected chi connectivity index (χ4v) is 3.04. The summed E-state index contributed by atoms with van der Waals surface area (Å²) in [5.74, 6) is 1.02. The quantitative estimate of drug-likeness (QED) is 0.841. The van der Waals surface area contributed by atoms with Crippen LogP contribution in [0.4, 0.5) is 0 Å². The molecule has 0 bridgehead atoms. The molecular formula is C17H19NO2S. The van der Waals surface area contributed by atoms with Crippen molar-refractivity contribution in [3.05, 3.63) is 53.6 Å². The van der Waals surface area contributed by atoms with Crippen LogP contribution in [0.1, 0.15) is 30.1 Å². The van der Waals surface area contributed by atoms with E-state index in [1.165, 1.54) is 10.5 Å². The molecule has 1 heterocycles. The lowest BCUT2D eigenvalue weighted by atomic mass is 10.0. The normalized spacial score (nSPS) is 18.1. The van der Waals surface area contributed by atoms with Crippen LogP contribution in [0, 0.1) is 0 Å². The first kappa shape index (κ1) is 14.3. The number of fused-ring (bicyclic) bond motifs is 1. The molecule has 2 atom stereocenters. The van der Waals surface area contributed by atoms with E-state index in [0.717, 1.165) is 11.3 Å². The van der Waals surface area contributed by atoms with Gasteiger partial charge in [0.25, 0.3) is 0 Å². The Bertz CT molecular complexity index is 627. The number of nitrogens with one attached hydrogen (secondary N) is 1. The van der Waals surface area contributed by atoms with Crippen LogP contribution < -0.4 is 10.1 Å². The molecule has 21 heavy (non-hydrogen) atoms. The Labute approximate surface area is 129 Å². The summed E-state index contributed by atoms with van der Waals surface area (Å²) in [4.78, 5) is 1.27. The zero-order valence-corrected chi connectivity index (χ0v) is 13.0. The highest BCUT2D eigenvalue weighted by atomic mass is 32.2. The van der Waals surface area contributed by atoms with E-state index in [0.29, 0.717) is 6.61 Å². The van der Waals surface area contributed by atoms with Crippen LogP contribution in [0.3, 0.4) is 0 Å². The second-order valence-electron chi connectivity index (χ2n) is 5.25. The third-order valence-electron chi connectivity index (χ3n) is 3.85. The number of rotatable bonds is 4. The first-order valence-corrected chi connectivity index (χ1v) is 8.25. The lowest BCUT2D eigenvalue weighted by Gasteiger charge is -2.19. The average molecular weight is 301 g/mol. The molecule has 1 aliphatic heterocycles. The van der Waals surface area contributed by atoms with Crippen molar-refractivity contribution in [2.45, 2.75) is 23.9 Å². The molecule has 3 rings (SSSR count). The smallest absolute Gasteiger partial charge is 0.127 e. The summed E-state index contributed by atoms with van der Waals surface area (Å²) in [6, 6.07) is 14.3. The molecule has 0 aromatic heterocycles. The highest BCUT2D eigenvalue weighted by Crippen LogP contribution is 2.36. The van der Waals surface area contributed by atoms with E-state index in [-0.39, 0.29) is 17.8 Å². The van der Waals surface area contributed by atoms with Crippen molar-refractivity contribution >= 4 is 11.8 Å². The van der Waals surface area contributed by atoms with E-state index in [1.54, 1.807) is 23.9 Å². The van der Waals surface area contributed by atoms with Gasteiger partial charge in [-0.3, -0.25) is 0 Å². The van der Waals surface area contributed by atoms with Gasteiger partial charge in [-0.1, -0.05) is 12.1 Å². The largest absolute Gasteiger partial charge is 0.508 e. The van der Waals surface area contributed by atoms with Crippen LogP contribution in [0.25, 0.3) is 0 Å². The summed E-state index contributed by atoms with van der Waals surface area (Å²) in [6.45, 7) is 2.76. The van der Waals surface area contributed by atoms with Crippen LogP contribution in [0.5, 0.6) is 11.5 Å². The van der Waals surface area contributed by atoms with Crippen LogP contribution in [0.2, 0.25) is 0 Å². The third kappa shape index (κ3) is 3.01. The SMILES string of the molecule is CSc1ccc(C(C)NC2COc3cc(O)ccc32)cc1. The van der Waals surface area contributed by atoms with Gasteiger partial charge in [-0.25, -0.2) is 0 Å². The first-order chi connectivity index (χ1) is 10.2. The molecule has 0 saturated carbocycles. The number of ether oxygens (including phenoxy) is 1. The Morgan fingerprint density at radius 1 is 1.24 bits per heavy atom. The molecule has 2 N–H and O–H groups in total. The summed E-state index contributed by atoms with van der Waals surface area (Å²) in [5.41, 5.74) is 2.38. The van der Waals surface area contributed by atoms with Gasteiger partial charge in [-0.05, 0) is 43.0 Å². The standard InChI is InChI=1S/C17H19NO2S/c1-11(12-3-6-14(21-2)7-4-12)18-16-10-20-17-9-13(19)5-8-15(16)17/h3-9,11,16,18-19H,10H2,1-2H3. The molecule has 1 aliphatic rings. The van der Waals surface area contributed by atoms with Gasteiger partial charge in [0.15, 0.2) is 0 Å². The van der Waals surface area contributed by atoms with E-state index in [2.05, 4.69) is 42.8 Å². The van der Waals surface area contributed by atoms with Gasteiger partial charge in [-0.2, -0.15) is 0 Å². The second kappa shape index (κ2) is 6.00. The Morgan fingerprint density at radius 2 is 2.00 bits per heavy atom. The zero-order chi connectivity index (χ0) is 14.8. The molecular weight excluding hydrogens is 282 g/mol. The number of hydrogen-bond acceptors (Lipinski definition) is 4. The van der Waals surface area contributed by atoms with Gasteiger partial charge in [0, 0.05) is 22.6 Å². The van der Waals surface area contributed by atoms with Crippen molar-refractivity contribution in [3.63, 3.8) is 0 Å². The zero-order valence-electron chi connectivity index (χ0n) is 12.2. The monoisotopic (exact) mass is 301 g/mol. The topological polar surface area (TPSA) is 41.5 Å².